The van der Waals surface area contributed by atoms with Crippen LogP contribution < -0.4 is 10.1 Å². The first-order chi connectivity index (χ1) is 8.74. The summed E-state index contributed by atoms with van der Waals surface area (Å²) in [5.41, 5.74) is 2.33. The molecule has 0 spiro atoms. The van der Waals surface area contributed by atoms with E-state index in [0.717, 1.165) is 29.4 Å². The SMILES string of the molecule is CCc1nc(NCc2ccccc2OC)sc1C. The molecule has 1 aromatic carbocycles. The molecule has 0 saturated carbocycles. The lowest BCUT2D eigenvalue weighted by Gasteiger charge is -2.08. The Bertz CT molecular complexity index is 522. The van der Waals surface area contributed by atoms with E-state index < -0.39 is 0 Å². The van der Waals surface area contributed by atoms with Crippen LogP contribution in [0.15, 0.2) is 24.3 Å². The van der Waals surface area contributed by atoms with Crippen molar-refractivity contribution in [3.8, 4) is 5.75 Å². The van der Waals surface area contributed by atoms with E-state index in [1.54, 1.807) is 18.4 Å². The van der Waals surface area contributed by atoms with Crippen molar-refractivity contribution >= 4 is 16.5 Å². The van der Waals surface area contributed by atoms with Crippen LogP contribution in [-0.4, -0.2) is 12.1 Å². The number of methoxy groups -OCH3 is 1. The molecular weight excluding hydrogens is 244 g/mol. The molecule has 1 heterocycles. The number of ether oxygens (including phenoxy) is 1. The highest BCUT2D eigenvalue weighted by molar-refractivity contribution is 7.15. The summed E-state index contributed by atoms with van der Waals surface area (Å²) >= 11 is 1.71. The average molecular weight is 262 g/mol. The van der Waals surface area contributed by atoms with Crippen molar-refractivity contribution in [1.29, 1.82) is 0 Å². The number of hydrogen-bond donors (Lipinski definition) is 1. The van der Waals surface area contributed by atoms with Crippen molar-refractivity contribution in [2.45, 2.75) is 26.8 Å². The molecule has 1 N–H and O–H groups in total. The van der Waals surface area contributed by atoms with Gasteiger partial charge in [-0.1, -0.05) is 25.1 Å². The number of aryl methyl sites for hydroxylation is 2. The Morgan fingerprint density at radius 1 is 1.33 bits per heavy atom. The van der Waals surface area contributed by atoms with Gasteiger partial charge in [-0.15, -0.1) is 11.3 Å². The molecule has 96 valence electrons. The lowest BCUT2D eigenvalue weighted by molar-refractivity contribution is 0.410. The quantitative estimate of drug-likeness (QED) is 0.893. The second kappa shape index (κ2) is 5.87. The van der Waals surface area contributed by atoms with Crippen molar-refractivity contribution in [3.05, 3.63) is 40.4 Å². The Balaban J connectivity index is 2.06. The first kappa shape index (κ1) is 12.9. The molecule has 0 saturated heterocycles. The lowest BCUT2D eigenvalue weighted by Crippen LogP contribution is -2.01. The third-order valence-electron chi connectivity index (χ3n) is 2.85. The van der Waals surface area contributed by atoms with E-state index in [-0.39, 0.29) is 0 Å². The van der Waals surface area contributed by atoms with Gasteiger partial charge in [0.05, 0.1) is 12.8 Å². The van der Waals surface area contributed by atoms with E-state index in [4.69, 9.17) is 4.74 Å². The molecule has 0 aliphatic rings. The maximum Gasteiger partial charge on any atom is 0.183 e. The van der Waals surface area contributed by atoms with Crippen molar-refractivity contribution in [3.63, 3.8) is 0 Å². The molecule has 3 nitrogen and oxygen atoms in total. The number of nitrogens with one attached hydrogen (secondary N) is 1. The van der Waals surface area contributed by atoms with Crippen LogP contribution >= 0.6 is 11.3 Å². The Kier molecular flexibility index (Phi) is 4.20. The van der Waals surface area contributed by atoms with E-state index >= 15 is 0 Å². The highest BCUT2D eigenvalue weighted by Gasteiger charge is 2.06. The summed E-state index contributed by atoms with van der Waals surface area (Å²) in [5.74, 6) is 0.911. The molecule has 1 aromatic heterocycles. The van der Waals surface area contributed by atoms with Gasteiger partial charge in [0.2, 0.25) is 0 Å². The second-order valence-electron chi connectivity index (χ2n) is 4.04. The van der Waals surface area contributed by atoms with Crippen molar-refractivity contribution < 1.29 is 4.74 Å². The number of thiazole rings is 1. The van der Waals surface area contributed by atoms with Crippen molar-refractivity contribution in [2.75, 3.05) is 12.4 Å². The topological polar surface area (TPSA) is 34.2 Å². The average Bonchev–Trinajstić information content (AvgIpc) is 2.77. The van der Waals surface area contributed by atoms with E-state index in [1.807, 2.05) is 18.2 Å². The monoisotopic (exact) mass is 262 g/mol. The van der Waals surface area contributed by atoms with E-state index in [9.17, 15) is 0 Å². The molecule has 0 radical (unpaired) electrons. The van der Waals surface area contributed by atoms with Crippen LogP contribution in [0.25, 0.3) is 0 Å². The molecule has 0 amide bonds. The first-order valence-corrected chi connectivity index (χ1v) is 6.88. The van der Waals surface area contributed by atoms with Gasteiger partial charge in [0.1, 0.15) is 5.75 Å². The summed E-state index contributed by atoms with van der Waals surface area (Å²) in [6, 6.07) is 8.03. The maximum atomic E-state index is 5.33. The number of nitrogens with zero attached hydrogens (tertiary/aromatic N) is 1. The minimum absolute atomic E-state index is 0.736. The highest BCUT2D eigenvalue weighted by atomic mass is 32.1. The maximum absolute atomic E-state index is 5.33. The molecule has 18 heavy (non-hydrogen) atoms. The first-order valence-electron chi connectivity index (χ1n) is 6.06. The van der Waals surface area contributed by atoms with Gasteiger partial charge in [0.25, 0.3) is 0 Å². The van der Waals surface area contributed by atoms with E-state index in [2.05, 4.69) is 30.2 Å². The predicted molar refractivity (Wildman–Crippen MR) is 76.5 cm³/mol. The molecule has 0 aliphatic carbocycles. The summed E-state index contributed by atoms with van der Waals surface area (Å²) in [4.78, 5) is 5.86. The predicted octanol–water partition coefficient (Wildman–Crippen LogP) is 3.63. The number of rotatable bonds is 5. The number of para-hydroxylation sites is 1. The van der Waals surface area contributed by atoms with Gasteiger partial charge in [-0.25, -0.2) is 4.98 Å². The second-order valence-corrected chi connectivity index (χ2v) is 5.24. The standard InChI is InChI=1S/C14H18N2OS/c1-4-12-10(2)18-14(16-12)15-9-11-7-5-6-8-13(11)17-3/h5-8H,4,9H2,1-3H3,(H,15,16). The van der Waals surface area contributed by atoms with Crippen LogP contribution in [-0.2, 0) is 13.0 Å². The Labute approximate surface area is 112 Å². The van der Waals surface area contributed by atoms with E-state index in [1.165, 1.54) is 10.6 Å². The normalized spacial score (nSPS) is 10.4. The Morgan fingerprint density at radius 2 is 2.11 bits per heavy atom. The molecule has 4 heteroatoms. The molecular formula is C14H18N2OS. The summed E-state index contributed by atoms with van der Waals surface area (Å²) in [7, 11) is 1.70. The van der Waals surface area contributed by atoms with Crippen LogP contribution in [0.3, 0.4) is 0 Å². The molecule has 0 atom stereocenters. The molecule has 0 aliphatic heterocycles. The molecule has 0 unspecified atom stereocenters. The number of benzene rings is 1. The third kappa shape index (κ3) is 2.82. The van der Waals surface area contributed by atoms with E-state index in [0.29, 0.717) is 0 Å². The number of aromatic nitrogens is 1. The third-order valence-corrected chi connectivity index (χ3v) is 3.82. The summed E-state index contributed by atoms with van der Waals surface area (Å²) in [5, 5.41) is 4.34. The summed E-state index contributed by atoms with van der Waals surface area (Å²) in [6.45, 7) is 4.98. The van der Waals surface area contributed by atoms with Crippen LogP contribution in [0.1, 0.15) is 23.1 Å². The van der Waals surface area contributed by atoms with Gasteiger partial charge < -0.3 is 10.1 Å². The molecule has 0 bridgehead atoms. The minimum atomic E-state index is 0.736. The number of anilines is 1. The Hall–Kier alpha value is -1.55. The van der Waals surface area contributed by atoms with Gasteiger partial charge in [0.15, 0.2) is 5.13 Å². The Morgan fingerprint density at radius 3 is 2.78 bits per heavy atom. The molecule has 2 rings (SSSR count). The van der Waals surface area contributed by atoms with Crippen LogP contribution in [0.5, 0.6) is 5.75 Å². The van der Waals surface area contributed by atoms with Gasteiger partial charge >= 0.3 is 0 Å². The zero-order chi connectivity index (χ0) is 13.0. The van der Waals surface area contributed by atoms with Crippen molar-refractivity contribution in [2.24, 2.45) is 0 Å². The fraction of sp³-hybridized carbons (Fsp3) is 0.357. The smallest absolute Gasteiger partial charge is 0.183 e. The summed E-state index contributed by atoms with van der Waals surface area (Å²) in [6.07, 6.45) is 0.985. The van der Waals surface area contributed by atoms with Crippen molar-refractivity contribution in [1.82, 2.24) is 4.98 Å². The summed E-state index contributed by atoms with van der Waals surface area (Å²) < 4.78 is 5.33. The van der Waals surface area contributed by atoms with Crippen LogP contribution in [0, 0.1) is 6.92 Å². The van der Waals surface area contributed by atoms with Gasteiger partial charge in [0, 0.05) is 17.0 Å². The van der Waals surface area contributed by atoms with Gasteiger partial charge in [-0.3, -0.25) is 0 Å². The zero-order valence-electron chi connectivity index (χ0n) is 11.0. The molecule has 0 fully saturated rings. The zero-order valence-corrected chi connectivity index (χ0v) is 11.8. The van der Waals surface area contributed by atoms with Gasteiger partial charge in [-0.05, 0) is 19.4 Å². The largest absolute Gasteiger partial charge is 0.496 e. The molecule has 2 aromatic rings. The van der Waals surface area contributed by atoms with Crippen LogP contribution in [0.4, 0.5) is 5.13 Å². The minimum Gasteiger partial charge on any atom is -0.496 e. The number of hydrogen-bond acceptors (Lipinski definition) is 4. The van der Waals surface area contributed by atoms with Gasteiger partial charge in [-0.2, -0.15) is 0 Å². The lowest BCUT2D eigenvalue weighted by atomic mass is 10.2. The fourth-order valence-electron chi connectivity index (χ4n) is 1.85. The van der Waals surface area contributed by atoms with Crippen LogP contribution in [0.2, 0.25) is 0 Å². The highest BCUT2D eigenvalue weighted by Crippen LogP contribution is 2.24. The fourth-order valence-corrected chi connectivity index (χ4v) is 2.75.